The number of carbonyl (C=O) groups excluding carboxylic acids is 1. The fourth-order valence-corrected chi connectivity index (χ4v) is 5.90. The molecular formula is C21H15Cl3N4OS2. The lowest BCUT2D eigenvalue weighted by atomic mass is 9.92. The van der Waals surface area contributed by atoms with Crippen molar-refractivity contribution in [3.8, 4) is 6.07 Å². The number of allylic oxidation sites excluding steroid dienone is 1. The Kier molecular flexibility index (Phi) is 6.95. The van der Waals surface area contributed by atoms with E-state index in [0.29, 0.717) is 39.0 Å². The van der Waals surface area contributed by atoms with Crippen LogP contribution >= 0.6 is 57.5 Å². The lowest BCUT2D eigenvalue weighted by Crippen LogP contribution is -2.28. The summed E-state index contributed by atoms with van der Waals surface area (Å²) >= 11 is 21.0. The second-order valence-electron chi connectivity index (χ2n) is 6.90. The Labute approximate surface area is 202 Å². The Hall–Kier alpha value is -1.95. The summed E-state index contributed by atoms with van der Waals surface area (Å²) in [6.07, 6.45) is 4.79. The first-order valence-corrected chi connectivity index (χ1v) is 12.1. The number of nitriles is 1. The van der Waals surface area contributed by atoms with E-state index in [1.165, 1.54) is 22.7 Å². The van der Waals surface area contributed by atoms with E-state index in [0.717, 1.165) is 27.4 Å². The lowest BCUT2D eigenvalue weighted by Gasteiger charge is -2.25. The third-order valence-corrected chi connectivity index (χ3v) is 7.52. The monoisotopic (exact) mass is 508 g/mol. The van der Waals surface area contributed by atoms with Crippen molar-refractivity contribution in [2.24, 2.45) is 5.92 Å². The first-order chi connectivity index (χ1) is 15.0. The van der Waals surface area contributed by atoms with Crippen molar-refractivity contribution >= 4 is 63.3 Å². The van der Waals surface area contributed by atoms with E-state index >= 15 is 0 Å². The Morgan fingerprint density at radius 2 is 1.81 bits per heavy atom. The van der Waals surface area contributed by atoms with Crippen LogP contribution in [0.4, 0.5) is 0 Å². The zero-order valence-corrected chi connectivity index (χ0v) is 19.9. The van der Waals surface area contributed by atoms with Gasteiger partial charge in [-0.1, -0.05) is 46.9 Å². The van der Waals surface area contributed by atoms with Gasteiger partial charge in [0.25, 0.3) is 0 Å². The van der Waals surface area contributed by atoms with Crippen LogP contribution in [0.1, 0.15) is 26.5 Å². The zero-order valence-electron chi connectivity index (χ0n) is 16.0. The molecule has 0 fully saturated rings. The molecule has 4 rings (SSSR count). The van der Waals surface area contributed by atoms with E-state index in [2.05, 4.69) is 20.9 Å². The maximum Gasteiger partial charge on any atom is 0.187 e. The fourth-order valence-electron chi connectivity index (χ4n) is 3.65. The Balaban J connectivity index is 1.72. The number of nitrogens with zero attached hydrogens (tertiary/aromatic N) is 4. The van der Waals surface area contributed by atoms with Gasteiger partial charge in [0, 0.05) is 46.4 Å². The topological polar surface area (TPSA) is 69.9 Å². The molecule has 31 heavy (non-hydrogen) atoms. The van der Waals surface area contributed by atoms with Gasteiger partial charge in [0.15, 0.2) is 14.7 Å². The molecule has 3 aromatic rings. The van der Waals surface area contributed by atoms with Crippen LogP contribution in [0, 0.1) is 17.2 Å². The summed E-state index contributed by atoms with van der Waals surface area (Å²) in [5.41, 5.74) is 2.10. The highest BCUT2D eigenvalue weighted by Gasteiger charge is 2.35. The van der Waals surface area contributed by atoms with E-state index in [1.54, 1.807) is 36.7 Å². The molecule has 1 aromatic carbocycles. The maximum absolute atomic E-state index is 13.4. The number of halogens is 3. The molecule has 1 aliphatic rings. The third kappa shape index (κ3) is 4.94. The fraction of sp³-hybridized carbons (Fsp3) is 0.238. The molecule has 0 aliphatic carbocycles. The van der Waals surface area contributed by atoms with Crippen LogP contribution in [0.5, 0.6) is 0 Å². The summed E-state index contributed by atoms with van der Waals surface area (Å²) in [7, 11) is 0. The molecule has 0 amide bonds. The number of hydrogen-bond acceptors (Lipinski definition) is 7. The minimum atomic E-state index is -0.968. The van der Waals surface area contributed by atoms with Gasteiger partial charge in [-0.2, -0.15) is 5.26 Å². The smallest absolute Gasteiger partial charge is 0.187 e. The molecule has 5 nitrogen and oxygen atoms in total. The largest absolute Gasteiger partial charge is 0.368 e. The van der Waals surface area contributed by atoms with Crippen LogP contribution in [0.2, 0.25) is 14.0 Å². The second kappa shape index (κ2) is 9.68. The summed E-state index contributed by atoms with van der Waals surface area (Å²) in [4.78, 5) is 25.6. The number of benzene rings is 1. The quantitative estimate of drug-likeness (QED) is 0.350. The minimum absolute atomic E-state index is 0.308. The van der Waals surface area contributed by atoms with Gasteiger partial charge >= 0.3 is 0 Å². The Morgan fingerprint density at radius 3 is 2.42 bits per heavy atom. The number of Topliss-reactive ketones (excluding diaryl/α,β-unsaturated/α-hetero) is 1. The summed E-state index contributed by atoms with van der Waals surface area (Å²) in [5.74, 6) is -1.28. The molecule has 0 N–H and O–H groups in total. The average Bonchev–Trinajstić information content (AvgIpc) is 3.45. The molecule has 0 spiro atoms. The van der Waals surface area contributed by atoms with Crippen LogP contribution in [-0.2, 0) is 13.0 Å². The summed E-state index contributed by atoms with van der Waals surface area (Å²) in [5, 5.41) is 10.4. The van der Waals surface area contributed by atoms with Gasteiger partial charge in [-0.25, -0.2) is 9.97 Å². The highest BCUT2D eigenvalue weighted by Crippen LogP contribution is 2.36. The van der Waals surface area contributed by atoms with E-state index in [9.17, 15) is 10.1 Å². The molecule has 3 heterocycles. The molecular weight excluding hydrogens is 495 g/mol. The van der Waals surface area contributed by atoms with Crippen molar-refractivity contribution in [2.45, 2.75) is 19.4 Å². The van der Waals surface area contributed by atoms with Crippen LogP contribution < -0.4 is 0 Å². The van der Waals surface area contributed by atoms with Crippen LogP contribution in [0.15, 0.2) is 47.9 Å². The van der Waals surface area contributed by atoms with Gasteiger partial charge in [0.1, 0.15) is 5.92 Å². The second-order valence-corrected chi connectivity index (χ2v) is 10.7. The molecule has 1 aliphatic heterocycles. The number of aromatic nitrogens is 2. The van der Waals surface area contributed by atoms with Gasteiger partial charge < -0.3 is 4.90 Å². The molecule has 0 radical (unpaired) electrons. The number of thiazole rings is 2. The highest BCUT2D eigenvalue weighted by molar-refractivity contribution is 7.16. The summed E-state index contributed by atoms with van der Waals surface area (Å²) in [6, 6.07) is 9.04. The van der Waals surface area contributed by atoms with E-state index in [1.807, 2.05) is 0 Å². The van der Waals surface area contributed by atoms with Crippen molar-refractivity contribution in [2.75, 3.05) is 6.54 Å². The lowest BCUT2D eigenvalue weighted by molar-refractivity contribution is 0.0950. The first kappa shape index (κ1) is 22.3. The third-order valence-electron chi connectivity index (χ3n) is 4.98. The van der Waals surface area contributed by atoms with Gasteiger partial charge in [0.2, 0.25) is 0 Å². The Morgan fingerprint density at radius 1 is 1.13 bits per heavy atom. The predicted octanol–water partition coefficient (Wildman–Crippen LogP) is 6.28. The van der Waals surface area contributed by atoms with Crippen molar-refractivity contribution in [3.05, 3.63) is 77.2 Å². The average molecular weight is 510 g/mol. The van der Waals surface area contributed by atoms with Gasteiger partial charge in [-0.3, -0.25) is 4.79 Å². The molecule has 0 bridgehead atoms. The number of carbonyl (C=O) groups is 1. The Bertz CT molecular complexity index is 1200. The maximum atomic E-state index is 13.4. The standard InChI is InChI=1S/C21H15Cl3N4OS2/c22-17-4-2-1-3-15(17)19(29)16(8-25)18-12(7-13-9-26-20(23)30-13)5-6-28(18)11-14-10-27-21(24)31-14/h1-4,9-10,16H,5-7,11H2. The van der Waals surface area contributed by atoms with Crippen LogP contribution in [-0.4, -0.2) is 27.2 Å². The van der Waals surface area contributed by atoms with Crippen molar-refractivity contribution in [1.29, 1.82) is 5.26 Å². The van der Waals surface area contributed by atoms with E-state index < -0.39 is 5.92 Å². The van der Waals surface area contributed by atoms with Gasteiger partial charge in [0.05, 0.1) is 17.6 Å². The molecule has 2 aromatic heterocycles. The minimum Gasteiger partial charge on any atom is -0.368 e. The van der Waals surface area contributed by atoms with Crippen LogP contribution in [0.3, 0.4) is 0 Å². The molecule has 10 heteroatoms. The van der Waals surface area contributed by atoms with Crippen LogP contribution in [0.25, 0.3) is 0 Å². The number of hydrogen-bond donors (Lipinski definition) is 0. The molecule has 1 atom stereocenters. The summed E-state index contributed by atoms with van der Waals surface area (Å²) < 4.78 is 0.929. The molecule has 1 unspecified atom stereocenters. The van der Waals surface area contributed by atoms with Gasteiger partial charge in [-0.05, 0) is 24.1 Å². The molecule has 0 saturated carbocycles. The number of ketones is 1. The summed E-state index contributed by atoms with van der Waals surface area (Å²) in [6.45, 7) is 1.22. The van der Waals surface area contributed by atoms with E-state index in [-0.39, 0.29) is 5.78 Å². The van der Waals surface area contributed by atoms with E-state index in [4.69, 9.17) is 34.8 Å². The van der Waals surface area contributed by atoms with Gasteiger partial charge in [-0.15, -0.1) is 22.7 Å². The molecule has 0 saturated heterocycles. The molecule has 158 valence electrons. The van der Waals surface area contributed by atoms with Crippen molar-refractivity contribution in [1.82, 2.24) is 14.9 Å². The predicted molar refractivity (Wildman–Crippen MR) is 125 cm³/mol. The number of rotatable bonds is 7. The highest BCUT2D eigenvalue weighted by atomic mass is 35.5. The zero-order chi connectivity index (χ0) is 22.0. The first-order valence-electron chi connectivity index (χ1n) is 9.32. The SMILES string of the molecule is N#CC(C(=O)c1ccccc1Cl)C1=C(Cc2cnc(Cl)s2)CCN1Cc1cnc(Cl)s1. The normalized spacial score (nSPS) is 14.7. The van der Waals surface area contributed by atoms with Crippen molar-refractivity contribution in [3.63, 3.8) is 0 Å². The van der Waals surface area contributed by atoms with Crippen molar-refractivity contribution < 1.29 is 4.79 Å².